The summed E-state index contributed by atoms with van der Waals surface area (Å²) in [4.78, 5) is 28.2. The van der Waals surface area contributed by atoms with Gasteiger partial charge in [0.25, 0.3) is 11.8 Å². The SMILES string of the molecule is CC[C@H](Oc1ccc2c(c1)[C@@H](c1ccccc1)N(C(=O)c1ccco1)CC2)C(=O)Nc1cccc(Cl)c1. The third-order valence-electron chi connectivity index (χ3n) is 6.49. The third kappa shape index (κ3) is 5.39. The van der Waals surface area contributed by atoms with Crippen molar-refractivity contribution in [3.63, 3.8) is 0 Å². The number of carbonyl (C=O) groups is 2. The Hall–Kier alpha value is -4.03. The summed E-state index contributed by atoms with van der Waals surface area (Å²) < 4.78 is 11.6. The summed E-state index contributed by atoms with van der Waals surface area (Å²) in [7, 11) is 0. The van der Waals surface area contributed by atoms with E-state index in [1.165, 1.54) is 6.26 Å². The minimum Gasteiger partial charge on any atom is -0.481 e. The summed E-state index contributed by atoms with van der Waals surface area (Å²) in [6.07, 6.45) is 2.00. The topological polar surface area (TPSA) is 71.8 Å². The van der Waals surface area contributed by atoms with Crippen LogP contribution >= 0.6 is 11.6 Å². The molecule has 1 aliphatic heterocycles. The number of amides is 2. The smallest absolute Gasteiger partial charge is 0.290 e. The van der Waals surface area contributed by atoms with Crippen LogP contribution in [0.5, 0.6) is 5.75 Å². The molecule has 0 saturated heterocycles. The van der Waals surface area contributed by atoms with Gasteiger partial charge in [0.05, 0.1) is 12.3 Å². The maximum Gasteiger partial charge on any atom is 0.290 e. The Labute approximate surface area is 220 Å². The Kier molecular flexibility index (Phi) is 7.28. The highest BCUT2D eigenvalue weighted by Gasteiger charge is 2.34. The fourth-order valence-electron chi connectivity index (χ4n) is 4.70. The van der Waals surface area contributed by atoms with Gasteiger partial charge in [-0.3, -0.25) is 9.59 Å². The van der Waals surface area contributed by atoms with Gasteiger partial charge in [-0.15, -0.1) is 0 Å². The second-order valence-corrected chi connectivity index (χ2v) is 9.35. The van der Waals surface area contributed by atoms with E-state index >= 15 is 0 Å². The molecule has 0 unspecified atom stereocenters. The van der Waals surface area contributed by atoms with E-state index in [2.05, 4.69) is 5.32 Å². The first-order valence-electron chi connectivity index (χ1n) is 12.3. The van der Waals surface area contributed by atoms with Crippen molar-refractivity contribution in [2.45, 2.75) is 31.9 Å². The number of ether oxygens (including phenoxy) is 1. The summed E-state index contributed by atoms with van der Waals surface area (Å²) in [6, 6.07) is 25.9. The number of fused-ring (bicyclic) bond motifs is 1. The van der Waals surface area contributed by atoms with Crippen molar-refractivity contribution in [3.8, 4) is 5.75 Å². The van der Waals surface area contributed by atoms with Crippen LogP contribution in [0.4, 0.5) is 5.69 Å². The van der Waals surface area contributed by atoms with Gasteiger partial charge >= 0.3 is 0 Å². The van der Waals surface area contributed by atoms with Gasteiger partial charge in [-0.2, -0.15) is 0 Å². The molecule has 3 aromatic carbocycles. The molecule has 4 aromatic rings. The molecule has 0 bridgehead atoms. The molecule has 0 aliphatic carbocycles. The Morgan fingerprint density at radius 1 is 1.05 bits per heavy atom. The van der Waals surface area contributed by atoms with Gasteiger partial charge in [-0.25, -0.2) is 0 Å². The molecule has 0 spiro atoms. The molecule has 1 aromatic heterocycles. The summed E-state index contributed by atoms with van der Waals surface area (Å²) in [5.74, 6) is 0.459. The van der Waals surface area contributed by atoms with Gasteiger partial charge in [0.2, 0.25) is 0 Å². The van der Waals surface area contributed by atoms with Crippen LogP contribution < -0.4 is 10.1 Å². The summed E-state index contributed by atoms with van der Waals surface area (Å²) in [6.45, 7) is 2.46. The van der Waals surface area contributed by atoms with Gasteiger partial charge < -0.3 is 19.4 Å². The van der Waals surface area contributed by atoms with Crippen molar-refractivity contribution in [1.29, 1.82) is 0 Å². The number of rotatable bonds is 7. The zero-order valence-corrected chi connectivity index (χ0v) is 21.2. The Bertz CT molecular complexity index is 1390. The number of nitrogens with zero attached hydrogens (tertiary/aromatic N) is 1. The number of carbonyl (C=O) groups excluding carboxylic acids is 2. The molecular weight excluding hydrogens is 488 g/mol. The van der Waals surface area contributed by atoms with Crippen LogP contribution in [0.2, 0.25) is 5.02 Å². The van der Waals surface area contributed by atoms with Crippen LogP contribution in [-0.4, -0.2) is 29.4 Å². The molecule has 5 rings (SSSR count). The fourth-order valence-corrected chi connectivity index (χ4v) is 4.89. The molecule has 0 fully saturated rings. The number of nitrogens with one attached hydrogen (secondary N) is 1. The lowest BCUT2D eigenvalue weighted by Crippen LogP contribution is -2.40. The normalized spacial score (nSPS) is 15.5. The monoisotopic (exact) mass is 514 g/mol. The summed E-state index contributed by atoms with van der Waals surface area (Å²) in [5, 5.41) is 3.42. The van der Waals surface area contributed by atoms with Crippen molar-refractivity contribution < 1.29 is 18.7 Å². The van der Waals surface area contributed by atoms with Crippen molar-refractivity contribution in [1.82, 2.24) is 4.90 Å². The maximum absolute atomic E-state index is 13.4. The first kappa shape index (κ1) is 24.7. The van der Waals surface area contributed by atoms with Crippen LogP contribution in [0.25, 0.3) is 0 Å². The van der Waals surface area contributed by atoms with Crippen LogP contribution in [0, 0.1) is 0 Å². The highest BCUT2D eigenvalue weighted by molar-refractivity contribution is 6.30. The number of hydrogen-bond donors (Lipinski definition) is 1. The Balaban J connectivity index is 1.44. The molecule has 2 amide bonds. The van der Waals surface area contributed by atoms with Crippen LogP contribution in [0.15, 0.2) is 95.6 Å². The van der Waals surface area contributed by atoms with E-state index < -0.39 is 6.10 Å². The summed E-state index contributed by atoms with van der Waals surface area (Å²) in [5.41, 5.74) is 3.72. The predicted molar refractivity (Wildman–Crippen MR) is 143 cm³/mol. The van der Waals surface area contributed by atoms with E-state index in [-0.39, 0.29) is 17.9 Å². The highest BCUT2D eigenvalue weighted by Crippen LogP contribution is 2.38. The fraction of sp³-hybridized carbons (Fsp3) is 0.200. The van der Waals surface area contributed by atoms with Gasteiger partial charge in [0, 0.05) is 17.3 Å². The Morgan fingerprint density at radius 2 is 1.89 bits per heavy atom. The molecule has 1 aliphatic rings. The number of anilines is 1. The van der Waals surface area contributed by atoms with Gasteiger partial charge in [0.15, 0.2) is 11.9 Å². The summed E-state index contributed by atoms with van der Waals surface area (Å²) >= 11 is 6.05. The molecule has 7 heteroatoms. The molecule has 0 radical (unpaired) electrons. The van der Waals surface area contributed by atoms with E-state index in [0.29, 0.717) is 41.6 Å². The standard InChI is InChI=1S/C30H27ClN2O4/c1-2-26(29(34)32-23-11-6-10-22(31)18-23)37-24-14-13-20-15-16-33(30(35)27-12-7-17-36-27)28(25(20)19-24)21-8-4-3-5-9-21/h3-14,17-19,26,28H,2,15-16H2,1H3,(H,32,34)/t26-,28+/m0/s1. The second-order valence-electron chi connectivity index (χ2n) is 8.91. The van der Waals surface area contributed by atoms with Gasteiger partial charge in [-0.1, -0.05) is 61.0 Å². The van der Waals surface area contributed by atoms with Gasteiger partial charge in [-0.05, 0) is 72.0 Å². The molecule has 188 valence electrons. The molecule has 2 heterocycles. The van der Waals surface area contributed by atoms with E-state index in [1.807, 2.05) is 60.4 Å². The lowest BCUT2D eigenvalue weighted by Gasteiger charge is -2.37. The van der Waals surface area contributed by atoms with Crippen LogP contribution in [0.3, 0.4) is 0 Å². The average molecular weight is 515 g/mol. The van der Waals surface area contributed by atoms with E-state index in [4.69, 9.17) is 20.8 Å². The van der Waals surface area contributed by atoms with Gasteiger partial charge in [0.1, 0.15) is 5.75 Å². The highest BCUT2D eigenvalue weighted by atomic mass is 35.5. The zero-order valence-electron chi connectivity index (χ0n) is 20.4. The van der Waals surface area contributed by atoms with Crippen molar-refractivity contribution in [3.05, 3.63) is 119 Å². The molecule has 0 saturated carbocycles. The number of furan rings is 1. The minimum atomic E-state index is -0.698. The number of halogens is 1. The van der Waals surface area contributed by atoms with E-state index in [0.717, 1.165) is 16.7 Å². The first-order valence-corrected chi connectivity index (χ1v) is 12.7. The van der Waals surface area contributed by atoms with E-state index in [1.54, 1.807) is 36.4 Å². The molecule has 2 atom stereocenters. The lowest BCUT2D eigenvalue weighted by atomic mass is 9.87. The minimum absolute atomic E-state index is 0.164. The number of hydrogen-bond acceptors (Lipinski definition) is 4. The average Bonchev–Trinajstić information content (AvgIpc) is 3.46. The predicted octanol–water partition coefficient (Wildman–Crippen LogP) is 6.52. The molecular formula is C30H27ClN2O4. The lowest BCUT2D eigenvalue weighted by molar-refractivity contribution is -0.122. The van der Waals surface area contributed by atoms with Crippen molar-refractivity contribution in [2.75, 3.05) is 11.9 Å². The quantitative estimate of drug-likeness (QED) is 0.305. The van der Waals surface area contributed by atoms with Crippen LogP contribution in [-0.2, 0) is 11.2 Å². The Morgan fingerprint density at radius 3 is 2.62 bits per heavy atom. The first-order chi connectivity index (χ1) is 18.0. The molecule has 37 heavy (non-hydrogen) atoms. The molecule has 1 N–H and O–H groups in total. The third-order valence-corrected chi connectivity index (χ3v) is 6.72. The number of benzene rings is 3. The van der Waals surface area contributed by atoms with Crippen molar-refractivity contribution >= 4 is 29.1 Å². The maximum atomic E-state index is 13.4. The van der Waals surface area contributed by atoms with Crippen LogP contribution in [0.1, 0.15) is 46.6 Å². The zero-order chi connectivity index (χ0) is 25.8. The van der Waals surface area contributed by atoms with Crippen molar-refractivity contribution in [2.24, 2.45) is 0 Å². The largest absolute Gasteiger partial charge is 0.481 e. The molecule has 6 nitrogen and oxygen atoms in total. The van der Waals surface area contributed by atoms with E-state index in [9.17, 15) is 9.59 Å². The second kappa shape index (κ2) is 10.9.